The summed E-state index contributed by atoms with van der Waals surface area (Å²) in [6.07, 6.45) is -8.73. The molecular weight excluding hydrogens is 678 g/mol. The van der Waals surface area contributed by atoms with Crippen LogP contribution in [-0.4, -0.2) is 150 Å². The summed E-state index contributed by atoms with van der Waals surface area (Å²) in [5.74, 6) is -4.47. The monoisotopic (exact) mass is 747 g/mol. The van der Waals surface area contributed by atoms with Crippen LogP contribution in [0.1, 0.15) is 94.9 Å². The second-order valence-electron chi connectivity index (χ2n) is 16.6. The summed E-state index contributed by atoms with van der Waals surface area (Å²) in [6.45, 7) is 17.1. The molecule has 6 unspecified atom stereocenters. The molecule has 14 heteroatoms. The van der Waals surface area contributed by atoms with Crippen LogP contribution in [0.4, 0.5) is 0 Å². The Bertz CT molecular complexity index is 1190. The van der Waals surface area contributed by atoms with Crippen LogP contribution in [-0.2, 0) is 42.7 Å². The number of hydrogen-bond acceptors (Lipinski definition) is 14. The lowest BCUT2D eigenvalue weighted by Crippen LogP contribution is -2.61. The van der Waals surface area contributed by atoms with E-state index in [1.807, 2.05) is 32.8 Å². The Morgan fingerprint density at radius 3 is 1.98 bits per heavy atom. The van der Waals surface area contributed by atoms with E-state index in [1.54, 1.807) is 48.5 Å². The van der Waals surface area contributed by atoms with Crippen molar-refractivity contribution in [3.05, 3.63) is 0 Å². The minimum atomic E-state index is -1.96. The van der Waals surface area contributed by atoms with Gasteiger partial charge < -0.3 is 58.5 Å². The molecule has 3 rings (SSSR count). The van der Waals surface area contributed by atoms with Crippen LogP contribution < -0.4 is 0 Å². The lowest BCUT2D eigenvalue weighted by molar-refractivity contribution is -0.319. The maximum absolute atomic E-state index is 14.2. The number of hydrogen-bond donors (Lipinski definition) is 4. The van der Waals surface area contributed by atoms with Gasteiger partial charge in [0.05, 0.1) is 47.6 Å². The molecule has 0 aromatic heterocycles. The van der Waals surface area contributed by atoms with Gasteiger partial charge in [0.2, 0.25) is 0 Å². The highest BCUT2D eigenvalue weighted by atomic mass is 16.7. The smallest absolute Gasteiger partial charge is 0.311 e. The van der Waals surface area contributed by atoms with E-state index in [0.29, 0.717) is 6.42 Å². The number of ether oxygens (including phenoxy) is 7. The molecule has 52 heavy (non-hydrogen) atoms. The van der Waals surface area contributed by atoms with Crippen molar-refractivity contribution in [2.24, 2.45) is 23.7 Å². The predicted molar refractivity (Wildman–Crippen MR) is 191 cm³/mol. The number of esters is 1. The standard InChI is InChI=1S/C38H69NO13/c1-15-26-38(10,45)31(42)21(4)28(40)19(2)17-37(9,47-14)33(52-35-29(41)25(39(11)12)16-20(3)48-35)22(5)30(23(6)34(44)50-26)51-27-18-36(8,46-13)32(43)24(7)49-27/h19-27,29-33,35,41-43,45H,15-18H2,1-14H3/t19-,20?,21+,22+,23-,24?,25+,26-,27?,29?,30+,31-,32?,33-,35+,36?,37-,38-/m1/s1. The summed E-state index contributed by atoms with van der Waals surface area (Å²) in [5.41, 5.74) is -4.24. The van der Waals surface area contributed by atoms with E-state index >= 15 is 0 Å². The molecule has 18 atom stereocenters. The number of aliphatic hydroxyl groups excluding tert-OH is 3. The summed E-state index contributed by atoms with van der Waals surface area (Å²) >= 11 is 0. The highest BCUT2D eigenvalue weighted by molar-refractivity contribution is 5.83. The number of carbonyl (C=O) groups is 2. The van der Waals surface area contributed by atoms with E-state index in [9.17, 15) is 30.0 Å². The first-order chi connectivity index (χ1) is 24.0. The third-order valence-corrected chi connectivity index (χ3v) is 12.3. The normalized spacial score (nSPS) is 49.0. The summed E-state index contributed by atoms with van der Waals surface area (Å²) in [4.78, 5) is 30.1. The van der Waals surface area contributed by atoms with Gasteiger partial charge in [0.1, 0.15) is 29.7 Å². The van der Waals surface area contributed by atoms with Gasteiger partial charge in [-0.25, -0.2) is 0 Å². The van der Waals surface area contributed by atoms with Crippen LogP contribution in [0.5, 0.6) is 0 Å². The van der Waals surface area contributed by atoms with Gasteiger partial charge in [0.15, 0.2) is 12.6 Å². The summed E-state index contributed by atoms with van der Waals surface area (Å²) < 4.78 is 43.9. The topological polar surface area (TPSA) is 183 Å². The summed E-state index contributed by atoms with van der Waals surface area (Å²) in [6, 6.07) is -0.283. The van der Waals surface area contributed by atoms with E-state index in [2.05, 4.69) is 0 Å². The van der Waals surface area contributed by atoms with Gasteiger partial charge in [0.25, 0.3) is 0 Å². The number of carbonyl (C=O) groups excluding carboxylic acids is 2. The second-order valence-corrected chi connectivity index (χ2v) is 16.6. The van der Waals surface area contributed by atoms with Crippen LogP contribution in [0, 0.1) is 23.7 Å². The Morgan fingerprint density at radius 2 is 1.44 bits per heavy atom. The van der Waals surface area contributed by atoms with Crippen LogP contribution in [0.25, 0.3) is 0 Å². The first kappa shape index (κ1) is 45.1. The number of nitrogens with zero attached hydrogens (tertiary/aromatic N) is 1. The van der Waals surface area contributed by atoms with Crippen LogP contribution >= 0.6 is 0 Å². The molecule has 3 fully saturated rings. The number of methoxy groups -OCH3 is 2. The van der Waals surface area contributed by atoms with E-state index in [1.165, 1.54) is 21.1 Å². The Balaban J connectivity index is 2.22. The van der Waals surface area contributed by atoms with Crippen LogP contribution in [0.15, 0.2) is 0 Å². The highest BCUT2D eigenvalue weighted by Gasteiger charge is 2.54. The first-order valence-electron chi connectivity index (χ1n) is 18.9. The fraction of sp³-hybridized carbons (Fsp3) is 0.947. The molecule has 0 amide bonds. The Morgan fingerprint density at radius 1 is 0.846 bits per heavy atom. The van der Waals surface area contributed by atoms with Crippen molar-refractivity contribution in [1.82, 2.24) is 4.90 Å². The van der Waals surface area contributed by atoms with Gasteiger partial charge in [-0.05, 0) is 74.9 Å². The molecule has 304 valence electrons. The molecule has 4 N–H and O–H groups in total. The molecule has 0 saturated carbocycles. The number of Topliss-reactive ketones (excluding diaryl/α,β-unsaturated/α-hetero) is 1. The van der Waals surface area contributed by atoms with Gasteiger partial charge in [0, 0.05) is 44.4 Å². The number of rotatable bonds is 8. The van der Waals surface area contributed by atoms with Gasteiger partial charge in [-0.1, -0.05) is 27.7 Å². The first-order valence-corrected chi connectivity index (χ1v) is 18.9. The molecule has 3 aliphatic heterocycles. The van der Waals surface area contributed by atoms with Crippen molar-refractivity contribution in [1.29, 1.82) is 0 Å². The number of cyclic esters (lactones) is 1. The van der Waals surface area contributed by atoms with Crippen molar-refractivity contribution in [2.75, 3.05) is 28.3 Å². The van der Waals surface area contributed by atoms with E-state index in [4.69, 9.17) is 33.2 Å². The number of ketones is 1. The van der Waals surface area contributed by atoms with Crippen molar-refractivity contribution in [3.63, 3.8) is 0 Å². The molecule has 0 spiro atoms. The van der Waals surface area contributed by atoms with Crippen LogP contribution in [0.3, 0.4) is 0 Å². The molecule has 0 aromatic carbocycles. The largest absolute Gasteiger partial charge is 0.459 e. The zero-order valence-electron chi connectivity index (χ0n) is 33.9. The molecule has 0 aliphatic carbocycles. The van der Waals surface area contributed by atoms with Crippen LogP contribution in [0.2, 0.25) is 0 Å². The van der Waals surface area contributed by atoms with Crippen molar-refractivity contribution < 1.29 is 63.2 Å². The Kier molecular flexibility index (Phi) is 15.3. The molecule has 3 heterocycles. The third-order valence-electron chi connectivity index (χ3n) is 12.3. The zero-order valence-corrected chi connectivity index (χ0v) is 33.9. The van der Waals surface area contributed by atoms with Gasteiger partial charge in [-0.15, -0.1) is 0 Å². The van der Waals surface area contributed by atoms with E-state index in [-0.39, 0.29) is 37.2 Å². The molecule has 14 nitrogen and oxygen atoms in total. The second kappa shape index (κ2) is 17.7. The zero-order chi connectivity index (χ0) is 39.7. The van der Waals surface area contributed by atoms with Gasteiger partial charge in [-0.2, -0.15) is 0 Å². The molecule has 0 aromatic rings. The van der Waals surface area contributed by atoms with Gasteiger partial charge >= 0.3 is 5.97 Å². The average Bonchev–Trinajstić information content (AvgIpc) is 3.09. The summed E-state index contributed by atoms with van der Waals surface area (Å²) in [7, 11) is 6.77. The van der Waals surface area contributed by atoms with Gasteiger partial charge in [-0.3, -0.25) is 9.59 Å². The lowest BCUT2D eigenvalue weighted by atomic mass is 9.74. The highest BCUT2D eigenvalue weighted by Crippen LogP contribution is 2.41. The third kappa shape index (κ3) is 9.38. The number of likely N-dealkylation sites (N-methyl/N-ethyl adjacent to an activating group) is 1. The Hall–Kier alpha value is -1.30. The predicted octanol–water partition coefficient (Wildman–Crippen LogP) is 2.44. The maximum Gasteiger partial charge on any atom is 0.311 e. The number of aliphatic hydroxyl groups is 4. The molecule has 3 aliphatic rings. The fourth-order valence-electron chi connectivity index (χ4n) is 8.58. The van der Waals surface area contributed by atoms with E-state index in [0.717, 1.165) is 0 Å². The fourth-order valence-corrected chi connectivity index (χ4v) is 8.58. The van der Waals surface area contributed by atoms with Crippen molar-refractivity contribution in [3.8, 4) is 0 Å². The van der Waals surface area contributed by atoms with E-state index < -0.39 is 102 Å². The molecular formula is C38H69NO13. The quantitative estimate of drug-likeness (QED) is 0.266. The SMILES string of the molecule is CC[C@H]1OC(=O)[C@H](C)[C@@H](OC2CC(C)(OC)C(O)C(C)O2)[C@H](C)[C@@H](O[C@@H]2OC(C)C[C@H](N(C)C)C2O)[C@](C)(OC)C[C@@H](C)C(=O)[C@H](C)[C@@H](O)[C@]1(C)O. The lowest BCUT2D eigenvalue weighted by Gasteiger charge is -2.50. The molecule has 3 saturated heterocycles. The molecule has 0 radical (unpaired) electrons. The average molecular weight is 748 g/mol. The van der Waals surface area contributed by atoms with Crippen molar-refractivity contribution >= 4 is 11.8 Å². The molecule has 0 bridgehead atoms. The maximum atomic E-state index is 14.2. The minimum absolute atomic E-state index is 0.111. The summed E-state index contributed by atoms with van der Waals surface area (Å²) in [5, 5.41) is 45.6. The minimum Gasteiger partial charge on any atom is -0.459 e. The van der Waals surface area contributed by atoms with Crippen molar-refractivity contribution in [2.45, 2.75) is 179 Å². The Labute approximate surface area is 310 Å².